The molecule has 1 aromatic carbocycles. The number of hydrogen-bond acceptors (Lipinski definition) is 1. The highest BCUT2D eigenvalue weighted by molar-refractivity contribution is 5.85. The van der Waals surface area contributed by atoms with Gasteiger partial charge in [-0.05, 0) is 37.2 Å². The maximum atomic E-state index is 6.70. The normalized spacial score (nSPS) is 12.8. The molecule has 122 valence electrons. The van der Waals surface area contributed by atoms with Crippen molar-refractivity contribution in [2.75, 3.05) is 0 Å². The second-order valence-corrected chi connectivity index (χ2v) is 6.18. The maximum absolute atomic E-state index is 6.70. The van der Waals surface area contributed by atoms with Gasteiger partial charge in [0.15, 0.2) is 0 Å². The second-order valence-electron chi connectivity index (χ2n) is 6.18. The molecule has 0 amide bonds. The van der Waals surface area contributed by atoms with Gasteiger partial charge in [0.2, 0.25) is 0 Å². The first-order valence-corrected chi connectivity index (χ1v) is 8.49. The Kier molecular flexibility index (Phi) is 10.8. The van der Waals surface area contributed by atoms with E-state index in [0.717, 1.165) is 19.3 Å². The minimum atomic E-state index is 0. The summed E-state index contributed by atoms with van der Waals surface area (Å²) in [5.74, 6) is 0.608. The van der Waals surface area contributed by atoms with Crippen LogP contribution in [0.2, 0.25) is 0 Å². The third-order valence-corrected chi connectivity index (χ3v) is 4.86. The van der Waals surface area contributed by atoms with Crippen LogP contribution in [0.5, 0.6) is 0 Å². The van der Waals surface area contributed by atoms with Gasteiger partial charge in [-0.1, -0.05) is 76.8 Å². The molecular weight excluding hydrogens is 278 g/mol. The summed E-state index contributed by atoms with van der Waals surface area (Å²) < 4.78 is 0. The standard InChI is InChI=1S/C19H33N.ClH/c1-4-7-8-12-15-18(19(20,5-2)6-3)16-17-13-10-9-11-14-17;/h9-11,13-14,18H,4-8,12,15-16,20H2,1-3H3;1H. The number of rotatable bonds is 10. The predicted molar refractivity (Wildman–Crippen MR) is 97.1 cm³/mol. The predicted octanol–water partition coefficient (Wildman–Crippen LogP) is 5.76. The van der Waals surface area contributed by atoms with Crippen molar-refractivity contribution in [3.05, 3.63) is 35.9 Å². The molecule has 1 atom stereocenters. The Hall–Kier alpha value is -0.530. The number of hydrogen-bond donors (Lipinski definition) is 1. The van der Waals surface area contributed by atoms with Crippen LogP contribution >= 0.6 is 12.4 Å². The summed E-state index contributed by atoms with van der Waals surface area (Å²) in [6.45, 7) is 6.76. The number of nitrogens with two attached hydrogens (primary N) is 1. The van der Waals surface area contributed by atoms with Crippen molar-refractivity contribution in [2.45, 2.75) is 77.7 Å². The van der Waals surface area contributed by atoms with Gasteiger partial charge in [0, 0.05) is 5.54 Å². The minimum absolute atomic E-state index is 0. The van der Waals surface area contributed by atoms with Gasteiger partial charge in [0.1, 0.15) is 0 Å². The smallest absolute Gasteiger partial charge is 0.0180 e. The lowest BCUT2D eigenvalue weighted by Crippen LogP contribution is -2.47. The van der Waals surface area contributed by atoms with E-state index in [1.807, 2.05) is 0 Å². The Bertz CT molecular complexity index is 346. The number of halogens is 1. The van der Waals surface area contributed by atoms with E-state index in [1.165, 1.54) is 37.7 Å². The summed E-state index contributed by atoms with van der Waals surface area (Å²) in [6.07, 6.45) is 9.89. The highest BCUT2D eigenvalue weighted by atomic mass is 35.5. The largest absolute Gasteiger partial charge is 0.325 e. The molecule has 1 nitrogen and oxygen atoms in total. The van der Waals surface area contributed by atoms with Gasteiger partial charge < -0.3 is 5.73 Å². The molecule has 1 aromatic rings. The van der Waals surface area contributed by atoms with E-state index in [9.17, 15) is 0 Å². The second kappa shape index (κ2) is 11.1. The van der Waals surface area contributed by atoms with Crippen LogP contribution in [-0.4, -0.2) is 5.54 Å². The van der Waals surface area contributed by atoms with Crippen molar-refractivity contribution in [3.63, 3.8) is 0 Å². The topological polar surface area (TPSA) is 26.0 Å². The van der Waals surface area contributed by atoms with E-state index >= 15 is 0 Å². The van der Waals surface area contributed by atoms with E-state index in [0.29, 0.717) is 5.92 Å². The van der Waals surface area contributed by atoms with Crippen LogP contribution in [0.3, 0.4) is 0 Å². The molecule has 2 heteroatoms. The Balaban J connectivity index is 0.00000400. The van der Waals surface area contributed by atoms with Gasteiger partial charge in [-0.25, -0.2) is 0 Å². The highest BCUT2D eigenvalue weighted by Gasteiger charge is 2.30. The fourth-order valence-corrected chi connectivity index (χ4v) is 3.14. The van der Waals surface area contributed by atoms with E-state index in [4.69, 9.17) is 5.73 Å². The van der Waals surface area contributed by atoms with E-state index < -0.39 is 0 Å². The van der Waals surface area contributed by atoms with Crippen molar-refractivity contribution < 1.29 is 0 Å². The summed E-state index contributed by atoms with van der Waals surface area (Å²) in [6, 6.07) is 10.9. The zero-order valence-corrected chi connectivity index (χ0v) is 14.9. The van der Waals surface area contributed by atoms with Crippen molar-refractivity contribution >= 4 is 12.4 Å². The average molecular weight is 312 g/mol. The molecule has 0 heterocycles. The van der Waals surface area contributed by atoms with Crippen LogP contribution in [0.15, 0.2) is 30.3 Å². The molecule has 0 aliphatic carbocycles. The van der Waals surface area contributed by atoms with Gasteiger partial charge in [0.05, 0.1) is 0 Å². The molecule has 1 rings (SSSR count). The van der Waals surface area contributed by atoms with Crippen molar-refractivity contribution in [2.24, 2.45) is 11.7 Å². The lowest BCUT2D eigenvalue weighted by Gasteiger charge is -2.36. The zero-order chi connectivity index (χ0) is 14.8. The fraction of sp³-hybridized carbons (Fsp3) is 0.684. The van der Waals surface area contributed by atoms with Crippen molar-refractivity contribution in [3.8, 4) is 0 Å². The van der Waals surface area contributed by atoms with Crippen molar-refractivity contribution in [1.82, 2.24) is 0 Å². The van der Waals surface area contributed by atoms with Crippen LogP contribution in [0.4, 0.5) is 0 Å². The monoisotopic (exact) mass is 311 g/mol. The van der Waals surface area contributed by atoms with Gasteiger partial charge in [0.25, 0.3) is 0 Å². The summed E-state index contributed by atoms with van der Waals surface area (Å²) in [5.41, 5.74) is 8.14. The first-order valence-electron chi connectivity index (χ1n) is 8.49. The molecule has 0 aliphatic heterocycles. The molecule has 2 N–H and O–H groups in total. The zero-order valence-electron chi connectivity index (χ0n) is 14.1. The Morgan fingerprint density at radius 2 is 1.57 bits per heavy atom. The lowest BCUT2D eigenvalue weighted by atomic mass is 9.74. The van der Waals surface area contributed by atoms with Crippen LogP contribution in [0.25, 0.3) is 0 Å². The molecular formula is C19H34ClN. The summed E-state index contributed by atoms with van der Waals surface area (Å²) in [7, 11) is 0. The fourth-order valence-electron chi connectivity index (χ4n) is 3.14. The summed E-state index contributed by atoms with van der Waals surface area (Å²) in [4.78, 5) is 0. The number of unbranched alkanes of at least 4 members (excludes halogenated alkanes) is 3. The lowest BCUT2D eigenvalue weighted by molar-refractivity contribution is 0.229. The molecule has 0 radical (unpaired) electrons. The van der Waals surface area contributed by atoms with E-state index in [1.54, 1.807) is 0 Å². The number of benzene rings is 1. The van der Waals surface area contributed by atoms with Crippen LogP contribution < -0.4 is 5.73 Å². The third-order valence-electron chi connectivity index (χ3n) is 4.86. The van der Waals surface area contributed by atoms with E-state index in [2.05, 4.69) is 51.1 Å². The Morgan fingerprint density at radius 3 is 2.10 bits per heavy atom. The molecule has 21 heavy (non-hydrogen) atoms. The Morgan fingerprint density at radius 1 is 0.952 bits per heavy atom. The van der Waals surface area contributed by atoms with Gasteiger partial charge >= 0.3 is 0 Å². The van der Waals surface area contributed by atoms with Crippen LogP contribution in [-0.2, 0) is 6.42 Å². The maximum Gasteiger partial charge on any atom is 0.0180 e. The summed E-state index contributed by atoms with van der Waals surface area (Å²) >= 11 is 0. The van der Waals surface area contributed by atoms with Crippen LogP contribution in [0.1, 0.15) is 71.3 Å². The first kappa shape index (κ1) is 20.5. The quantitative estimate of drug-likeness (QED) is 0.547. The molecule has 1 unspecified atom stereocenters. The molecule has 0 fully saturated rings. The summed E-state index contributed by atoms with van der Waals surface area (Å²) in [5, 5.41) is 0. The Labute approximate surface area is 138 Å². The molecule has 0 aromatic heterocycles. The van der Waals surface area contributed by atoms with Crippen LogP contribution in [0, 0.1) is 5.92 Å². The van der Waals surface area contributed by atoms with Crippen molar-refractivity contribution in [1.29, 1.82) is 0 Å². The van der Waals surface area contributed by atoms with E-state index in [-0.39, 0.29) is 17.9 Å². The highest BCUT2D eigenvalue weighted by Crippen LogP contribution is 2.30. The minimum Gasteiger partial charge on any atom is -0.325 e. The average Bonchev–Trinajstić information content (AvgIpc) is 2.50. The van der Waals surface area contributed by atoms with Gasteiger partial charge in [-0.2, -0.15) is 0 Å². The molecule has 0 spiro atoms. The van der Waals surface area contributed by atoms with Gasteiger partial charge in [-0.15, -0.1) is 12.4 Å². The third kappa shape index (κ3) is 6.84. The first-order chi connectivity index (χ1) is 9.66. The van der Waals surface area contributed by atoms with Gasteiger partial charge in [-0.3, -0.25) is 0 Å². The molecule has 0 saturated carbocycles. The molecule has 0 aliphatic rings. The molecule has 0 bridgehead atoms. The SMILES string of the molecule is CCCCCCC(Cc1ccccc1)C(N)(CC)CC.Cl. The molecule has 0 saturated heterocycles.